The van der Waals surface area contributed by atoms with Crippen LogP contribution in [0.3, 0.4) is 0 Å². The summed E-state index contributed by atoms with van der Waals surface area (Å²) in [5.74, 6) is -0.0360. The lowest BCUT2D eigenvalue weighted by Crippen LogP contribution is -2.09. The molecule has 0 saturated heterocycles. The number of carboxylic acids is 1. The zero-order valence-electron chi connectivity index (χ0n) is 16.8. The molecule has 0 bridgehead atoms. The van der Waals surface area contributed by atoms with Crippen molar-refractivity contribution in [2.24, 2.45) is 0 Å². The molecule has 0 radical (unpaired) electrons. The molecular weight excluding hydrogens is 419 g/mol. The fourth-order valence-corrected chi connectivity index (χ4v) is 3.66. The van der Waals surface area contributed by atoms with E-state index in [4.69, 9.17) is 23.2 Å². The van der Waals surface area contributed by atoms with Gasteiger partial charge >= 0.3 is 5.97 Å². The van der Waals surface area contributed by atoms with Gasteiger partial charge in [-0.3, -0.25) is 0 Å². The molecule has 0 fully saturated rings. The highest BCUT2D eigenvalue weighted by Crippen LogP contribution is 2.27. The summed E-state index contributed by atoms with van der Waals surface area (Å²) in [6.45, 7) is 2.60. The summed E-state index contributed by atoms with van der Waals surface area (Å²) < 4.78 is 2.03. The van der Waals surface area contributed by atoms with E-state index in [0.717, 1.165) is 41.9 Å². The summed E-state index contributed by atoms with van der Waals surface area (Å²) in [6, 6.07) is 15.1. The molecule has 3 aromatic rings. The summed E-state index contributed by atoms with van der Waals surface area (Å²) in [5, 5.41) is 10.8. The second-order valence-electron chi connectivity index (χ2n) is 7.14. The lowest BCUT2D eigenvalue weighted by Gasteiger charge is -2.13. The van der Waals surface area contributed by atoms with Gasteiger partial charge in [0.2, 0.25) is 0 Å². The Morgan fingerprint density at radius 2 is 1.90 bits per heavy atom. The Morgan fingerprint density at radius 1 is 1.13 bits per heavy atom. The minimum atomic E-state index is -0.942. The first-order valence-electron chi connectivity index (χ1n) is 9.94. The molecule has 1 heterocycles. The molecule has 1 N–H and O–H groups in total. The number of aryl methyl sites for hydroxylation is 1. The zero-order valence-corrected chi connectivity index (χ0v) is 18.3. The van der Waals surface area contributed by atoms with E-state index < -0.39 is 5.97 Å². The Hall–Kier alpha value is -2.56. The largest absolute Gasteiger partial charge is 0.478 e. The van der Waals surface area contributed by atoms with Crippen molar-refractivity contribution in [3.63, 3.8) is 0 Å². The van der Waals surface area contributed by atoms with Crippen molar-refractivity contribution in [1.29, 1.82) is 0 Å². The number of hydrogen-bond acceptors (Lipinski definition) is 2. The van der Waals surface area contributed by atoms with Crippen LogP contribution in [0, 0.1) is 0 Å². The highest BCUT2D eigenvalue weighted by molar-refractivity contribution is 6.42. The summed E-state index contributed by atoms with van der Waals surface area (Å²) in [6.07, 6.45) is 6.63. The topological polar surface area (TPSA) is 55.1 Å². The number of imidazole rings is 1. The molecule has 0 aliphatic rings. The molecule has 0 aliphatic heterocycles. The predicted octanol–water partition coefficient (Wildman–Crippen LogP) is 6.29. The Labute approximate surface area is 186 Å². The number of carboxylic acid groups (broad SMARTS) is 1. The molecule has 0 aliphatic carbocycles. The molecule has 4 nitrogen and oxygen atoms in total. The van der Waals surface area contributed by atoms with Crippen molar-refractivity contribution in [3.05, 3.63) is 93.0 Å². The summed E-state index contributed by atoms with van der Waals surface area (Å²) in [5.41, 5.74) is 2.86. The van der Waals surface area contributed by atoms with Crippen LogP contribution in [-0.2, 0) is 24.2 Å². The number of carbonyl (C=O) groups is 1. The number of benzene rings is 2. The van der Waals surface area contributed by atoms with Crippen molar-refractivity contribution in [1.82, 2.24) is 9.55 Å². The second kappa shape index (κ2) is 10.5. The van der Waals surface area contributed by atoms with Gasteiger partial charge in [0, 0.05) is 18.4 Å². The normalized spacial score (nSPS) is 11.6. The highest BCUT2D eigenvalue weighted by Gasteiger charge is 2.15. The zero-order chi connectivity index (χ0) is 21.5. The maximum atomic E-state index is 11.9. The fraction of sp³-hybridized carbons (Fsp3) is 0.250. The van der Waals surface area contributed by atoms with E-state index in [1.165, 1.54) is 0 Å². The Morgan fingerprint density at radius 3 is 2.60 bits per heavy atom. The minimum Gasteiger partial charge on any atom is -0.478 e. The average Bonchev–Trinajstić information content (AvgIpc) is 3.11. The molecular formula is C24H24Cl2N2O2. The summed E-state index contributed by atoms with van der Waals surface area (Å²) >= 11 is 12.6. The Balaban J connectivity index is 2.00. The SMILES string of the molecule is CCCCc1ncc(/C=C(\Cc2ccccc2)C(=O)O)n1Cc1cccc(Cl)c1Cl. The standard InChI is InChI=1S/C24H24Cl2N2O2/c1-2-3-12-22-27-15-20(28(22)16-18-10-7-11-21(25)23(18)26)14-19(24(29)30)13-17-8-5-4-6-9-17/h4-11,14-15H,2-3,12-13,16H2,1H3,(H,29,30)/b19-14+. The van der Waals surface area contributed by atoms with E-state index in [-0.39, 0.29) is 0 Å². The molecule has 156 valence electrons. The molecule has 0 saturated carbocycles. The first-order valence-corrected chi connectivity index (χ1v) is 10.7. The van der Waals surface area contributed by atoms with Crippen LogP contribution in [-0.4, -0.2) is 20.6 Å². The van der Waals surface area contributed by atoms with E-state index >= 15 is 0 Å². The molecule has 1 aromatic heterocycles. The van der Waals surface area contributed by atoms with E-state index in [0.29, 0.717) is 28.6 Å². The molecule has 0 spiro atoms. The van der Waals surface area contributed by atoms with Crippen LogP contribution in [0.4, 0.5) is 0 Å². The number of aliphatic carboxylic acids is 1. The molecule has 0 amide bonds. The van der Waals surface area contributed by atoms with Gasteiger partial charge in [0.05, 0.1) is 28.5 Å². The highest BCUT2D eigenvalue weighted by atomic mass is 35.5. The Kier molecular flexibility index (Phi) is 7.72. The third-order valence-corrected chi connectivity index (χ3v) is 5.78. The summed E-state index contributed by atoms with van der Waals surface area (Å²) in [4.78, 5) is 16.5. The molecule has 30 heavy (non-hydrogen) atoms. The molecule has 0 atom stereocenters. The van der Waals surface area contributed by atoms with E-state index in [1.807, 2.05) is 47.0 Å². The van der Waals surface area contributed by atoms with Crippen molar-refractivity contribution < 1.29 is 9.90 Å². The van der Waals surface area contributed by atoms with Gasteiger partial charge in [-0.05, 0) is 29.7 Å². The molecule has 6 heteroatoms. The van der Waals surface area contributed by atoms with Gasteiger partial charge in [-0.25, -0.2) is 9.78 Å². The van der Waals surface area contributed by atoms with Crippen LogP contribution in [0.25, 0.3) is 6.08 Å². The fourth-order valence-electron chi connectivity index (χ4n) is 3.28. The third-order valence-electron chi connectivity index (χ3n) is 4.92. The van der Waals surface area contributed by atoms with E-state index in [2.05, 4.69) is 11.9 Å². The predicted molar refractivity (Wildman–Crippen MR) is 122 cm³/mol. The van der Waals surface area contributed by atoms with Gasteiger partial charge in [-0.15, -0.1) is 0 Å². The van der Waals surface area contributed by atoms with Crippen LogP contribution in [0.1, 0.15) is 42.4 Å². The quantitative estimate of drug-likeness (QED) is 0.396. The number of aromatic nitrogens is 2. The van der Waals surface area contributed by atoms with Crippen LogP contribution in [0.15, 0.2) is 60.3 Å². The van der Waals surface area contributed by atoms with Crippen LogP contribution < -0.4 is 0 Å². The number of hydrogen-bond donors (Lipinski definition) is 1. The number of nitrogens with zero attached hydrogens (tertiary/aromatic N) is 2. The molecule has 2 aromatic carbocycles. The van der Waals surface area contributed by atoms with Crippen molar-refractivity contribution in [3.8, 4) is 0 Å². The van der Waals surface area contributed by atoms with Crippen LogP contribution in [0.2, 0.25) is 10.0 Å². The maximum Gasteiger partial charge on any atom is 0.331 e. The van der Waals surface area contributed by atoms with Gasteiger partial charge in [0.1, 0.15) is 5.82 Å². The first kappa shape index (κ1) is 22.1. The van der Waals surface area contributed by atoms with Gasteiger partial charge in [-0.1, -0.05) is 79.0 Å². The Bertz CT molecular complexity index is 1040. The van der Waals surface area contributed by atoms with Gasteiger partial charge in [0.15, 0.2) is 0 Å². The van der Waals surface area contributed by atoms with Crippen LogP contribution >= 0.6 is 23.2 Å². The lowest BCUT2D eigenvalue weighted by atomic mass is 10.0. The number of unbranched alkanes of at least 4 members (excludes halogenated alkanes) is 1. The third kappa shape index (κ3) is 5.53. The monoisotopic (exact) mass is 442 g/mol. The van der Waals surface area contributed by atoms with Crippen molar-refractivity contribution in [2.75, 3.05) is 0 Å². The van der Waals surface area contributed by atoms with Gasteiger partial charge in [-0.2, -0.15) is 0 Å². The van der Waals surface area contributed by atoms with Crippen LogP contribution in [0.5, 0.6) is 0 Å². The maximum absolute atomic E-state index is 11.9. The number of rotatable bonds is 9. The molecule has 0 unspecified atom stereocenters. The van der Waals surface area contributed by atoms with Gasteiger partial charge in [0.25, 0.3) is 0 Å². The van der Waals surface area contributed by atoms with E-state index in [9.17, 15) is 9.90 Å². The summed E-state index contributed by atoms with van der Waals surface area (Å²) in [7, 11) is 0. The lowest BCUT2D eigenvalue weighted by molar-refractivity contribution is -0.132. The average molecular weight is 443 g/mol. The van der Waals surface area contributed by atoms with Gasteiger partial charge < -0.3 is 9.67 Å². The van der Waals surface area contributed by atoms with E-state index in [1.54, 1.807) is 18.3 Å². The minimum absolute atomic E-state index is 0.307. The first-order chi connectivity index (χ1) is 14.5. The smallest absolute Gasteiger partial charge is 0.331 e. The molecule has 3 rings (SSSR count). The second-order valence-corrected chi connectivity index (χ2v) is 7.92. The van der Waals surface area contributed by atoms with Crippen molar-refractivity contribution in [2.45, 2.75) is 39.2 Å². The van der Waals surface area contributed by atoms with Crippen molar-refractivity contribution >= 4 is 35.2 Å². The number of halogens is 2.